The third-order valence-electron chi connectivity index (χ3n) is 2.69. The molecule has 74 valence electrons. The van der Waals surface area contributed by atoms with Crippen molar-refractivity contribution in [3.8, 4) is 0 Å². The van der Waals surface area contributed by atoms with E-state index in [1.54, 1.807) is 16.8 Å². The molecule has 0 spiro atoms. The summed E-state index contributed by atoms with van der Waals surface area (Å²) in [5.74, 6) is 0. The van der Waals surface area contributed by atoms with Crippen molar-refractivity contribution in [1.29, 1.82) is 0 Å². The van der Waals surface area contributed by atoms with E-state index >= 15 is 0 Å². The fourth-order valence-electron chi connectivity index (χ4n) is 1.05. The Hall–Kier alpha value is -0.410. The van der Waals surface area contributed by atoms with Gasteiger partial charge in [-0.3, -0.25) is 4.98 Å². The van der Waals surface area contributed by atoms with E-state index in [9.17, 15) is 5.11 Å². The normalized spacial score (nSPS) is 14.5. The number of hydrogen-bond acceptors (Lipinski definition) is 3. The average Bonchev–Trinajstić information content (AvgIpc) is 2.57. The van der Waals surface area contributed by atoms with Crippen LogP contribution in [0.2, 0.25) is 0 Å². The van der Waals surface area contributed by atoms with Crippen molar-refractivity contribution in [1.82, 2.24) is 4.98 Å². The number of aromatic nitrogens is 1. The standard InChI is InChI=1S/C10H17NOS/c1-4-10(2,3)9(12)5-8-6-11-7-13-8/h6-7,9,12H,4-5H2,1-3H3. The minimum Gasteiger partial charge on any atom is -0.392 e. The highest BCUT2D eigenvalue weighted by atomic mass is 32.1. The molecule has 1 aromatic rings. The fourth-order valence-corrected chi connectivity index (χ4v) is 1.68. The molecule has 2 nitrogen and oxygen atoms in total. The van der Waals surface area contributed by atoms with Crippen LogP contribution in [0.15, 0.2) is 11.7 Å². The highest BCUT2D eigenvalue weighted by Crippen LogP contribution is 2.27. The maximum absolute atomic E-state index is 9.93. The van der Waals surface area contributed by atoms with Crippen LogP contribution in [-0.2, 0) is 6.42 Å². The van der Waals surface area contributed by atoms with Crippen molar-refractivity contribution < 1.29 is 5.11 Å². The van der Waals surface area contributed by atoms with Gasteiger partial charge in [0.05, 0.1) is 11.6 Å². The van der Waals surface area contributed by atoms with Gasteiger partial charge >= 0.3 is 0 Å². The molecule has 0 aliphatic rings. The van der Waals surface area contributed by atoms with Crippen molar-refractivity contribution >= 4 is 11.3 Å². The summed E-state index contributed by atoms with van der Waals surface area (Å²) in [5.41, 5.74) is 1.81. The van der Waals surface area contributed by atoms with E-state index in [0.717, 1.165) is 17.7 Å². The van der Waals surface area contributed by atoms with Crippen molar-refractivity contribution in [2.45, 2.75) is 39.7 Å². The van der Waals surface area contributed by atoms with Crippen LogP contribution in [0.3, 0.4) is 0 Å². The highest BCUT2D eigenvalue weighted by Gasteiger charge is 2.25. The maximum atomic E-state index is 9.93. The van der Waals surface area contributed by atoms with Gasteiger partial charge in [-0.05, 0) is 11.8 Å². The topological polar surface area (TPSA) is 33.1 Å². The predicted molar refractivity (Wildman–Crippen MR) is 55.9 cm³/mol. The third kappa shape index (κ3) is 2.78. The van der Waals surface area contributed by atoms with Crippen molar-refractivity contribution in [2.75, 3.05) is 0 Å². The van der Waals surface area contributed by atoms with Crippen LogP contribution in [0.1, 0.15) is 32.1 Å². The van der Waals surface area contributed by atoms with Crippen LogP contribution < -0.4 is 0 Å². The summed E-state index contributed by atoms with van der Waals surface area (Å²) in [5, 5.41) is 9.93. The Balaban J connectivity index is 2.55. The van der Waals surface area contributed by atoms with Crippen molar-refractivity contribution in [3.05, 3.63) is 16.6 Å². The Morgan fingerprint density at radius 2 is 2.31 bits per heavy atom. The summed E-state index contributed by atoms with van der Waals surface area (Å²) in [7, 11) is 0. The van der Waals surface area contributed by atoms with E-state index in [1.807, 2.05) is 6.20 Å². The number of rotatable bonds is 4. The van der Waals surface area contributed by atoms with Gasteiger partial charge in [0.2, 0.25) is 0 Å². The Labute approximate surface area is 83.6 Å². The molecule has 1 aromatic heterocycles. The monoisotopic (exact) mass is 199 g/mol. The van der Waals surface area contributed by atoms with Crippen LogP contribution in [0.25, 0.3) is 0 Å². The first kappa shape index (κ1) is 10.7. The summed E-state index contributed by atoms with van der Waals surface area (Å²) in [6.07, 6.45) is 3.29. The van der Waals surface area contributed by atoms with Crippen LogP contribution >= 0.6 is 11.3 Å². The lowest BCUT2D eigenvalue weighted by atomic mass is 9.82. The van der Waals surface area contributed by atoms with Gasteiger partial charge in [-0.2, -0.15) is 0 Å². The lowest BCUT2D eigenvalue weighted by Gasteiger charge is -2.28. The second-order valence-electron chi connectivity index (χ2n) is 4.03. The summed E-state index contributed by atoms with van der Waals surface area (Å²) in [6.45, 7) is 6.30. The number of hydrogen-bond donors (Lipinski definition) is 1. The Bertz CT molecular complexity index is 243. The first-order valence-corrected chi connectivity index (χ1v) is 5.49. The number of nitrogens with zero attached hydrogens (tertiary/aromatic N) is 1. The predicted octanol–water partition coefficient (Wildman–Crippen LogP) is 2.48. The van der Waals surface area contributed by atoms with Gasteiger partial charge in [0, 0.05) is 17.5 Å². The lowest BCUT2D eigenvalue weighted by molar-refractivity contribution is 0.0485. The van der Waals surface area contributed by atoms with E-state index in [2.05, 4.69) is 25.8 Å². The van der Waals surface area contributed by atoms with Gasteiger partial charge in [0.1, 0.15) is 0 Å². The number of aliphatic hydroxyl groups is 1. The molecular formula is C10H17NOS. The number of aliphatic hydroxyl groups excluding tert-OH is 1. The van der Waals surface area contributed by atoms with E-state index in [0.29, 0.717) is 0 Å². The van der Waals surface area contributed by atoms with Crippen LogP contribution in [0.4, 0.5) is 0 Å². The molecule has 0 bridgehead atoms. The summed E-state index contributed by atoms with van der Waals surface area (Å²) in [4.78, 5) is 5.15. The Kier molecular flexibility index (Phi) is 3.45. The highest BCUT2D eigenvalue weighted by molar-refractivity contribution is 7.09. The van der Waals surface area contributed by atoms with Crippen LogP contribution in [-0.4, -0.2) is 16.2 Å². The molecule has 0 saturated carbocycles. The molecular weight excluding hydrogens is 182 g/mol. The Morgan fingerprint density at radius 1 is 1.62 bits per heavy atom. The molecule has 0 fully saturated rings. The quantitative estimate of drug-likeness (QED) is 0.808. The zero-order chi connectivity index (χ0) is 9.90. The van der Waals surface area contributed by atoms with E-state index in [1.165, 1.54) is 0 Å². The zero-order valence-electron chi connectivity index (χ0n) is 8.45. The first-order valence-electron chi connectivity index (χ1n) is 4.61. The molecule has 3 heteroatoms. The molecule has 1 heterocycles. The van der Waals surface area contributed by atoms with Gasteiger partial charge in [-0.1, -0.05) is 20.8 Å². The zero-order valence-corrected chi connectivity index (χ0v) is 9.27. The number of thiazole rings is 1. The molecule has 0 aliphatic carbocycles. The molecule has 0 radical (unpaired) electrons. The Morgan fingerprint density at radius 3 is 2.77 bits per heavy atom. The van der Waals surface area contributed by atoms with E-state index < -0.39 is 0 Å². The minimum atomic E-state index is -0.266. The van der Waals surface area contributed by atoms with Gasteiger partial charge < -0.3 is 5.11 Å². The molecule has 0 aromatic carbocycles. The van der Waals surface area contributed by atoms with Crippen LogP contribution in [0, 0.1) is 5.41 Å². The molecule has 13 heavy (non-hydrogen) atoms. The molecule has 1 atom stereocenters. The second kappa shape index (κ2) is 4.20. The SMILES string of the molecule is CCC(C)(C)C(O)Cc1cncs1. The smallest absolute Gasteiger partial charge is 0.0794 e. The van der Waals surface area contributed by atoms with Gasteiger partial charge in [0.25, 0.3) is 0 Å². The maximum Gasteiger partial charge on any atom is 0.0794 e. The van der Waals surface area contributed by atoms with Gasteiger partial charge in [-0.15, -0.1) is 11.3 Å². The summed E-state index contributed by atoms with van der Waals surface area (Å²) >= 11 is 1.61. The molecule has 0 saturated heterocycles. The van der Waals surface area contributed by atoms with Crippen LogP contribution in [0.5, 0.6) is 0 Å². The lowest BCUT2D eigenvalue weighted by Crippen LogP contribution is -2.30. The van der Waals surface area contributed by atoms with Crippen molar-refractivity contribution in [3.63, 3.8) is 0 Å². The molecule has 0 aliphatic heterocycles. The second-order valence-corrected chi connectivity index (χ2v) is 5.00. The van der Waals surface area contributed by atoms with Crippen molar-refractivity contribution in [2.24, 2.45) is 5.41 Å². The summed E-state index contributed by atoms with van der Waals surface area (Å²) in [6, 6.07) is 0. The van der Waals surface area contributed by atoms with E-state index in [-0.39, 0.29) is 11.5 Å². The van der Waals surface area contributed by atoms with Gasteiger partial charge in [-0.25, -0.2) is 0 Å². The average molecular weight is 199 g/mol. The van der Waals surface area contributed by atoms with E-state index in [4.69, 9.17) is 0 Å². The largest absolute Gasteiger partial charge is 0.392 e. The fraction of sp³-hybridized carbons (Fsp3) is 0.700. The molecule has 1 N–H and O–H groups in total. The van der Waals surface area contributed by atoms with Gasteiger partial charge in [0.15, 0.2) is 0 Å². The first-order chi connectivity index (χ1) is 6.06. The molecule has 1 unspecified atom stereocenters. The summed E-state index contributed by atoms with van der Waals surface area (Å²) < 4.78 is 0. The third-order valence-corrected chi connectivity index (χ3v) is 3.49. The minimum absolute atomic E-state index is 0.00396. The molecule has 0 amide bonds. The molecule has 1 rings (SSSR count).